The van der Waals surface area contributed by atoms with Gasteiger partial charge in [0.1, 0.15) is 6.10 Å². The highest BCUT2D eigenvalue weighted by Gasteiger charge is 2.62. The van der Waals surface area contributed by atoms with Crippen LogP contribution in [0.5, 0.6) is 0 Å². The molecule has 0 aromatic heterocycles. The molecule has 6 atom stereocenters. The minimum atomic E-state index is -3.83. The van der Waals surface area contributed by atoms with E-state index in [2.05, 4.69) is 33.7 Å². The Hall–Kier alpha value is -4.11. The van der Waals surface area contributed by atoms with Crippen LogP contribution in [0, 0.1) is 22.7 Å². The lowest BCUT2D eigenvalue weighted by Crippen LogP contribution is -2.56. The number of nitrogens with zero attached hydrogens (tertiary/aromatic N) is 2. The molecule has 3 aliphatic rings. The summed E-state index contributed by atoms with van der Waals surface area (Å²) in [6, 6.07) is 6.27. The third-order valence-electron chi connectivity index (χ3n) is 9.17. The predicted octanol–water partition coefficient (Wildman–Crippen LogP) is 3.86. The zero-order chi connectivity index (χ0) is 35.1. The Morgan fingerprint density at radius 3 is 2.46 bits per heavy atom. The number of allylic oxidation sites excluding steroid dienone is 1. The van der Waals surface area contributed by atoms with Crippen LogP contribution in [-0.4, -0.2) is 80.5 Å². The number of para-hydroxylation sites is 1. The lowest BCUT2D eigenvalue weighted by atomic mass is 9.93. The van der Waals surface area contributed by atoms with Crippen LogP contribution >= 0.6 is 0 Å². The number of rotatable bonds is 18. The SMILES string of the molecule is C=CCCCCN(C)C(=O)[C@@H]1C[C@H](OC(=O)Nc2ccccc2C(=O)OCC)CC1C(=O)N[C@]1(C(N=O)NS(=O)(=O)C2CC2)C[C@H]1C=C. The molecule has 0 saturated heterocycles. The summed E-state index contributed by atoms with van der Waals surface area (Å²) in [4.78, 5) is 66.6. The van der Waals surface area contributed by atoms with Crippen molar-refractivity contribution in [3.63, 3.8) is 0 Å². The van der Waals surface area contributed by atoms with Crippen molar-refractivity contribution in [1.29, 1.82) is 0 Å². The molecule has 262 valence electrons. The van der Waals surface area contributed by atoms with Crippen LogP contribution in [0.4, 0.5) is 10.5 Å². The van der Waals surface area contributed by atoms with Crippen LogP contribution in [0.25, 0.3) is 0 Å². The molecule has 3 aliphatic carbocycles. The van der Waals surface area contributed by atoms with E-state index in [1.807, 2.05) is 0 Å². The van der Waals surface area contributed by atoms with Crippen molar-refractivity contribution < 1.29 is 37.1 Å². The number of anilines is 1. The van der Waals surface area contributed by atoms with Crippen molar-refractivity contribution in [3.05, 3.63) is 60.0 Å². The van der Waals surface area contributed by atoms with E-state index in [4.69, 9.17) is 9.47 Å². The van der Waals surface area contributed by atoms with Gasteiger partial charge in [-0.15, -0.1) is 18.1 Å². The number of ether oxygens (including phenoxy) is 2. The molecule has 1 aromatic carbocycles. The largest absolute Gasteiger partial charge is 0.462 e. The minimum Gasteiger partial charge on any atom is -0.462 e. The number of esters is 1. The first-order chi connectivity index (χ1) is 22.9. The van der Waals surface area contributed by atoms with Crippen LogP contribution in [0.2, 0.25) is 0 Å². The molecule has 14 nitrogen and oxygen atoms in total. The molecule has 4 rings (SSSR count). The summed E-state index contributed by atoms with van der Waals surface area (Å²) < 4.78 is 38.5. The quantitative estimate of drug-likeness (QED) is 0.0891. The molecule has 0 radical (unpaired) electrons. The minimum absolute atomic E-state index is 0.0126. The van der Waals surface area contributed by atoms with E-state index < -0.39 is 68.8 Å². The Kier molecular flexibility index (Phi) is 12.1. The number of sulfonamides is 1. The van der Waals surface area contributed by atoms with Gasteiger partial charge in [0.15, 0.2) is 6.17 Å². The first kappa shape index (κ1) is 36.7. The Bertz CT molecular complexity index is 1510. The van der Waals surface area contributed by atoms with Gasteiger partial charge in [-0.2, -0.15) is 4.72 Å². The highest BCUT2D eigenvalue weighted by atomic mass is 32.2. The molecule has 1 aromatic rings. The summed E-state index contributed by atoms with van der Waals surface area (Å²) in [5, 5.41) is 7.86. The number of unbranched alkanes of at least 4 members (excludes halogenated alkanes) is 2. The molecule has 48 heavy (non-hydrogen) atoms. The lowest BCUT2D eigenvalue weighted by Gasteiger charge is -2.28. The molecule has 0 heterocycles. The number of hydrogen-bond donors (Lipinski definition) is 3. The average Bonchev–Trinajstić information content (AvgIpc) is 3.99. The maximum atomic E-state index is 14.0. The number of amides is 3. The van der Waals surface area contributed by atoms with E-state index in [0.717, 1.165) is 19.3 Å². The number of hydrogen-bond acceptors (Lipinski definition) is 10. The fourth-order valence-corrected chi connectivity index (χ4v) is 7.76. The Morgan fingerprint density at radius 2 is 1.83 bits per heavy atom. The normalized spacial score (nSPS) is 25.2. The topological polar surface area (TPSA) is 190 Å². The third kappa shape index (κ3) is 8.67. The van der Waals surface area contributed by atoms with E-state index >= 15 is 0 Å². The van der Waals surface area contributed by atoms with Gasteiger partial charge < -0.3 is 19.7 Å². The van der Waals surface area contributed by atoms with Gasteiger partial charge >= 0.3 is 12.1 Å². The summed E-state index contributed by atoms with van der Waals surface area (Å²) in [6.45, 7) is 9.73. The first-order valence-electron chi connectivity index (χ1n) is 16.3. The van der Waals surface area contributed by atoms with Gasteiger partial charge in [-0.3, -0.25) is 14.9 Å². The van der Waals surface area contributed by atoms with Crippen molar-refractivity contribution in [2.75, 3.05) is 25.5 Å². The molecular weight excluding hydrogens is 642 g/mol. The molecule has 0 bridgehead atoms. The van der Waals surface area contributed by atoms with Crippen molar-refractivity contribution in [3.8, 4) is 0 Å². The van der Waals surface area contributed by atoms with Crippen LogP contribution in [0.3, 0.4) is 0 Å². The highest BCUT2D eigenvalue weighted by Crippen LogP contribution is 2.49. The summed E-state index contributed by atoms with van der Waals surface area (Å²) in [6.07, 6.45) is 3.67. The Balaban J connectivity index is 1.51. The zero-order valence-corrected chi connectivity index (χ0v) is 28.2. The molecular formula is C33H45N5O9S. The molecule has 3 amide bonds. The van der Waals surface area contributed by atoms with Gasteiger partial charge in [0.25, 0.3) is 0 Å². The maximum absolute atomic E-state index is 14.0. The van der Waals surface area contributed by atoms with E-state index in [9.17, 15) is 32.5 Å². The fraction of sp³-hybridized carbons (Fsp3) is 0.576. The van der Waals surface area contributed by atoms with Crippen LogP contribution < -0.4 is 15.4 Å². The van der Waals surface area contributed by atoms with Crippen LogP contribution in [0.1, 0.15) is 68.6 Å². The van der Waals surface area contributed by atoms with E-state index in [1.54, 1.807) is 37.1 Å². The van der Waals surface area contributed by atoms with Crippen molar-refractivity contribution >= 4 is 39.6 Å². The summed E-state index contributed by atoms with van der Waals surface area (Å²) >= 11 is 0. The number of carbonyl (C=O) groups is 4. The number of benzene rings is 1. The van der Waals surface area contributed by atoms with Gasteiger partial charge in [0.2, 0.25) is 21.8 Å². The number of nitroso groups, excluding NO2 is 1. The van der Waals surface area contributed by atoms with Gasteiger partial charge in [-0.05, 0) is 75.6 Å². The summed E-state index contributed by atoms with van der Waals surface area (Å²) in [5.41, 5.74) is -1.04. The van der Waals surface area contributed by atoms with E-state index in [1.165, 1.54) is 18.2 Å². The van der Waals surface area contributed by atoms with Crippen LogP contribution in [0.15, 0.2) is 54.8 Å². The van der Waals surface area contributed by atoms with Gasteiger partial charge in [0, 0.05) is 19.5 Å². The van der Waals surface area contributed by atoms with Gasteiger partial charge in [-0.1, -0.05) is 24.3 Å². The van der Waals surface area contributed by atoms with Crippen molar-refractivity contribution in [1.82, 2.24) is 14.9 Å². The van der Waals surface area contributed by atoms with Crippen LogP contribution in [-0.2, 0) is 29.1 Å². The highest BCUT2D eigenvalue weighted by molar-refractivity contribution is 7.90. The molecule has 3 N–H and O–H groups in total. The summed E-state index contributed by atoms with van der Waals surface area (Å²) in [7, 11) is -2.18. The second-order valence-corrected chi connectivity index (χ2v) is 14.6. The Labute approximate surface area is 281 Å². The molecule has 0 spiro atoms. The standard InChI is InChI=1S/C33H45N5O9S/c1-5-8-9-12-17-38(4)29(40)26-19-22(47-32(42)34-27-14-11-10-13-24(27)30(41)46-7-3)18-25(26)28(39)35-33(20-21(33)6-2)31(36-43)37-48(44,45)23-15-16-23/h5-6,10-11,13-14,21-23,25-26,31,37H,1-2,7-9,12,15-20H2,3-4H3,(H,34,42)(H,35,39)/t21-,22-,25?,26-,31?,33-/m1/s1. The zero-order valence-electron chi connectivity index (χ0n) is 27.4. The smallest absolute Gasteiger partial charge is 0.411 e. The number of nitrogens with one attached hydrogen (secondary N) is 3. The fourth-order valence-electron chi connectivity index (χ4n) is 6.25. The van der Waals surface area contributed by atoms with Crippen molar-refractivity contribution in [2.45, 2.75) is 81.3 Å². The molecule has 3 fully saturated rings. The average molecular weight is 688 g/mol. The molecule has 0 aliphatic heterocycles. The predicted molar refractivity (Wildman–Crippen MR) is 178 cm³/mol. The Morgan fingerprint density at radius 1 is 1.12 bits per heavy atom. The van der Waals surface area contributed by atoms with E-state index in [-0.39, 0.29) is 43.0 Å². The molecule has 2 unspecified atom stereocenters. The summed E-state index contributed by atoms with van der Waals surface area (Å²) in [5.74, 6) is -3.79. The maximum Gasteiger partial charge on any atom is 0.411 e. The van der Waals surface area contributed by atoms with E-state index in [0.29, 0.717) is 19.4 Å². The van der Waals surface area contributed by atoms with Crippen molar-refractivity contribution in [2.24, 2.45) is 22.9 Å². The third-order valence-corrected chi connectivity index (χ3v) is 11.1. The number of carbonyl (C=O) groups excluding carboxylic acids is 4. The van der Waals surface area contributed by atoms with Gasteiger partial charge in [0.05, 0.1) is 40.5 Å². The second-order valence-electron chi connectivity index (χ2n) is 12.6. The molecule has 3 saturated carbocycles. The first-order valence-corrected chi connectivity index (χ1v) is 17.8. The second kappa shape index (κ2) is 15.9. The molecule has 15 heteroatoms. The van der Waals surface area contributed by atoms with Gasteiger partial charge in [-0.25, -0.2) is 18.0 Å². The lowest BCUT2D eigenvalue weighted by molar-refractivity contribution is -0.140. The monoisotopic (exact) mass is 687 g/mol.